The van der Waals surface area contributed by atoms with Crippen molar-refractivity contribution in [2.75, 3.05) is 26.2 Å². The minimum atomic E-state index is 0.301. The van der Waals surface area contributed by atoms with Gasteiger partial charge in [0.2, 0.25) is 0 Å². The second-order valence-corrected chi connectivity index (χ2v) is 7.03. The molecule has 3 nitrogen and oxygen atoms in total. The van der Waals surface area contributed by atoms with Crippen molar-refractivity contribution >= 4 is 0 Å². The summed E-state index contributed by atoms with van der Waals surface area (Å²) in [6, 6.07) is 1.14. The molecule has 0 aromatic heterocycles. The fourth-order valence-electron chi connectivity index (χ4n) is 2.71. The van der Waals surface area contributed by atoms with Gasteiger partial charge in [-0.05, 0) is 31.7 Å². The average molecular weight is 270 g/mol. The fourth-order valence-corrected chi connectivity index (χ4v) is 2.71. The first-order chi connectivity index (χ1) is 8.88. The fraction of sp³-hybridized carbons (Fsp3) is 1.00. The minimum Gasteiger partial charge on any atom is -0.376 e. The van der Waals surface area contributed by atoms with E-state index in [1.807, 2.05) is 0 Å². The number of hydrogen-bond acceptors (Lipinski definition) is 3. The molecule has 0 aromatic carbocycles. The molecule has 1 fully saturated rings. The van der Waals surface area contributed by atoms with Crippen LogP contribution in [-0.4, -0.2) is 49.3 Å². The Balaban J connectivity index is 2.64. The van der Waals surface area contributed by atoms with Crippen LogP contribution < -0.4 is 5.32 Å². The van der Waals surface area contributed by atoms with E-state index < -0.39 is 0 Å². The third-order valence-electron chi connectivity index (χ3n) is 4.16. The molecule has 0 radical (unpaired) electrons. The maximum Gasteiger partial charge on any atom is 0.0674 e. The highest BCUT2D eigenvalue weighted by molar-refractivity contribution is 4.87. The highest BCUT2D eigenvalue weighted by Gasteiger charge is 2.31. The van der Waals surface area contributed by atoms with E-state index in [9.17, 15) is 0 Å². The maximum atomic E-state index is 5.80. The maximum absolute atomic E-state index is 5.80. The van der Waals surface area contributed by atoms with Gasteiger partial charge in [0, 0.05) is 25.2 Å². The number of hydrogen-bond donors (Lipinski definition) is 1. The first-order valence-corrected chi connectivity index (χ1v) is 7.97. The summed E-state index contributed by atoms with van der Waals surface area (Å²) in [5, 5.41) is 3.73. The summed E-state index contributed by atoms with van der Waals surface area (Å²) in [4.78, 5) is 2.63. The number of ether oxygens (including phenoxy) is 1. The molecular formula is C16H34N2O. The highest BCUT2D eigenvalue weighted by atomic mass is 16.5. The van der Waals surface area contributed by atoms with E-state index in [-0.39, 0.29) is 0 Å². The van der Waals surface area contributed by atoms with Gasteiger partial charge in [-0.2, -0.15) is 0 Å². The van der Waals surface area contributed by atoms with Crippen molar-refractivity contribution in [3.63, 3.8) is 0 Å². The molecule has 3 unspecified atom stereocenters. The van der Waals surface area contributed by atoms with Crippen LogP contribution in [0.2, 0.25) is 0 Å². The zero-order chi connectivity index (χ0) is 14.5. The number of morpholine rings is 1. The largest absolute Gasteiger partial charge is 0.376 e. The van der Waals surface area contributed by atoms with Gasteiger partial charge in [-0.3, -0.25) is 4.90 Å². The van der Waals surface area contributed by atoms with Crippen molar-refractivity contribution in [1.82, 2.24) is 10.2 Å². The van der Waals surface area contributed by atoms with Gasteiger partial charge < -0.3 is 10.1 Å². The molecule has 19 heavy (non-hydrogen) atoms. The molecule has 1 N–H and O–H groups in total. The van der Waals surface area contributed by atoms with E-state index in [1.54, 1.807) is 0 Å². The lowest BCUT2D eigenvalue weighted by Crippen LogP contribution is -2.56. The molecular weight excluding hydrogens is 236 g/mol. The summed E-state index contributed by atoms with van der Waals surface area (Å²) in [5.74, 6) is 0. The van der Waals surface area contributed by atoms with Gasteiger partial charge in [0.15, 0.2) is 0 Å². The molecule has 1 aliphatic heterocycles. The van der Waals surface area contributed by atoms with Crippen LogP contribution in [0.4, 0.5) is 0 Å². The third-order valence-corrected chi connectivity index (χ3v) is 4.16. The van der Waals surface area contributed by atoms with Gasteiger partial charge in [-0.15, -0.1) is 0 Å². The predicted molar refractivity (Wildman–Crippen MR) is 82.6 cm³/mol. The number of rotatable bonds is 6. The molecule has 114 valence electrons. The Morgan fingerprint density at radius 3 is 2.53 bits per heavy atom. The van der Waals surface area contributed by atoms with Crippen LogP contribution in [0.15, 0.2) is 0 Å². The monoisotopic (exact) mass is 270 g/mol. The van der Waals surface area contributed by atoms with Gasteiger partial charge in [-0.1, -0.05) is 34.6 Å². The molecule has 3 heteroatoms. The Hall–Kier alpha value is -0.120. The molecule has 1 rings (SSSR count). The van der Waals surface area contributed by atoms with Crippen LogP contribution in [0.3, 0.4) is 0 Å². The first-order valence-electron chi connectivity index (χ1n) is 7.97. The van der Waals surface area contributed by atoms with E-state index >= 15 is 0 Å². The van der Waals surface area contributed by atoms with Crippen molar-refractivity contribution in [1.29, 1.82) is 0 Å². The van der Waals surface area contributed by atoms with Gasteiger partial charge in [0.1, 0.15) is 0 Å². The van der Waals surface area contributed by atoms with E-state index in [2.05, 4.69) is 51.8 Å². The summed E-state index contributed by atoms with van der Waals surface area (Å²) < 4.78 is 5.80. The van der Waals surface area contributed by atoms with Crippen molar-refractivity contribution in [2.45, 2.75) is 72.6 Å². The smallest absolute Gasteiger partial charge is 0.0674 e. The Morgan fingerprint density at radius 1 is 1.32 bits per heavy atom. The van der Waals surface area contributed by atoms with Crippen LogP contribution >= 0.6 is 0 Å². The van der Waals surface area contributed by atoms with Crippen molar-refractivity contribution in [2.24, 2.45) is 5.41 Å². The zero-order valence-corrected chi connectivity index (χ0v) is 13.8. The van der Waals surface area contributed by atoms with Crippen LogP contribution in [0.5, 0.6) is 0 Å². The second-order valence-electron chi connectivity index (χ2n) is 7.03. The number of nitrogens with zero attached hydrogens (tertiary/aromatic N) is 1. The molecule has 0 amide bonds. The summed E-state index contributed by atoms with van der Waals surface area (Å²) in [6.45, 7) is 17.9. The van der Waals surface area contributed by atoms with E-state index in [1.165, 1.54) is 12.8 Å². The predicted octanol–water partition coefficient (Wildman–Crippen LogP) is 2.90. The summed E-state index contributed by atoms with van der Waals surface area (Å²) >= 11 is 0. The van der Waals surface area contributed by atoms with E-state index in [4.69, 9.17) is 4.74 Å². The van der Waals surface area contributed by atoms with Gasteiger partial charge >= 0.3 is 0 Å². The summed E-state index contributed by atoms with van der Waals surface area (Å²) in [7, 11) is 0. The van der Waals surface area contributed by atoms with Crippen LogP contribution in [0.1, 0.15) is 54.4 Å². The second kappa shape index (κ2) is 7.61. The Kier molecular flexibility index (Phi) is 6.78. The van der Waals surface area contributed by atoms with E-state index in [0.29, 0.717) is 23.6 Å². The normalized spacial score (nSPS) is 27.5. The zero-order valence-electron chi connectivity index (χ0n) is 13.8. The van der Waals surface area contributed by atoms with Crippen molar-refractivity contribution in [3.8, 4) is 0 Å². The molecule has 1 saturated heterocycles. The third kappa shape index (κ3) is 5.41. The standard InChI is InChI=1S/C16H34N2O/c1-7-9-17-15(16(4,5)6)11-18-10-13(3)19-12-14(18)8-2/h13-15,17H,7-12H2,1-6H3. The van der Waals surface area contributed by atoms with Crippen LogP contribution in [0, 0.1) is 5.41 Å². The van der Waals surface area contributed by atoms with Crippen molar-refractivity contribution in [3.05, 3.63) is 0 Å². The van der Waals surface area contributed by atoms with Crippen LogP contribution in [-0.2, 0) is 4.74 Å². The molecule has 0 spiro atoms. The average Bonchev–Trinajstić information content (AvgIpc) is 2.33. The van der Waals surface area contributed by atoms with Gasteiger partial charge in [0.05, 0.1) is 12.7 Å². The SMILES string of the molecule is CCCNC(CN1CC(C)OCC1CC)C(C)(C)C. The molecule has 0 bridgehead atoms. The quantitative estimate of drug-likeness (QED) is 0.803. The molecule has 3 atom stereocenters. The van der Waals surface area contributed by atoms with E-state index in [0.717, 1.165) is 26.2 Å². The molecule has 0 aliphatic carbocycles. The van der Waals surface area contributed by atoms with Crippen molar-refractivity contribution < 1.29 is 4.74 Å². The molecule has 1 heterocycles. The molecule has 0 aromatic rings. The van der Waals surface area contributed by atoms with Gasteiger partial charge in [-0.25, -0.2) is 0 Å². The Bertz CT molecular complexity index is 250. The molecule has 0 saturated carbocycles. The van der Waals surface area contributed by atoms with Crippen LogP contribution in [0.25, 0.3) is 0 Å². The van der Waals surface area contributed by atoms with Gasteiger partial charge in [0.25, 0.3) is 0 Å². The lowest BCUT2D eigenvalue weighted by molar-refractivity contribution is -0.0622. The summed E-state index contributed by atoms with van der Waals surface area (Å²) in [6.07, 6.45) is 2.75. The minimum absolute atomic E-state index is 0.301. The molecule has 1 aliphatic rings. The lowest BCUT2D eigenvalue weighted by atomic mass is 9.85. The Labute approximate surface area is 120 Å². The topological polar surface area (TPSA) is 24.5 Å². The highest BCUT2D eigenvalue weighted by Crippen LogP contribution is 2.23. The number of nitrogens with one attached hydrogen (secondary N) is 1. The lowest BCUT2D eigenvalue weighted by Gasteiger charge is -2.43. The first kappa shape index (κ1) is 16.9. The Morgan fingerprint density at radius 2 is 2.00 bits per heavy atom. The summed E-state index contributed by atoms with van der Waals surface area (Å²) in [5.41, 5.74) is 0.301.